The molecule has 0 spiro atoms. The molecule has 4 rings (SSSR count). The first-order valence-corrected chi connectivity index (χ1v) is 11.7. The highest BCUT2D eigenvalue weighted by atomic mass is 32.2. The van der Waals surface area contributed by atoms with Gasteiger partial charge in [-0.2, -0.15) is 0 Å². The zero-order chi connectivity index (χ0) is 20.9. The maximum absolute atomic E-state index is 12.7. The summed E-state index contributed by atoms with van der Waals surface area (Å²) in [7, 11) is 0. The van der Waals surface area contributed by atoms with Gasteiger partial charge in [-0.05, 0) is 50.3 Å². The number of para-hydroxylation sites is 1. The summed E-state index contributed by atoms with van der Waals surface area (Å²) in [6.45, 7) is 4.20. The van der Waals surface area contributed by atoms with Crippen LogP contribution in [0.25, 0.3) is 0 Å². The van der Waals surface area contributed by atoms with Gasteiger partial charge in [-0.25, -0.2) is 4.98 Å². The quantitative estimate of drug-likeness (QED) is 0.482. The fraction of sp³-hybridized carbons (Fsp3) is 0.360. The van der Waals surface area contributed by atoms with Crippen LogP contribution in [0.3, 0.4) is 0 Å². The molecule has 1 amide bonds. The minimum absolute atomic E-state index is 0.0109. The Morgan fingerprint density at radius 2 is 1.77 bits per heavy atom. The van der Waals surface area contributed by atoms with E-state index in [0.29, 0.717) is 11.8 Å². The van der Waals surface area contributed by atoms with E-state index >= 15 is 0 Å². The van der Waals surface area contributed by atoms with Crippen LogP contribution in [0.4, 0.5) is 5.69 Å². The number of hydrogen-bond donors (Lipinski definition) is 1. The van der Waals surface area contributed by atoms with E-state index in [0.717, 1.165) is 28.5 Å². The maximum atomic E-state index is 12.7. The van der Waals surface area contributed by atoms with Crippen molar-refractivity contribution < 1.29 is 4.79 Å². The Labute approximate surface area is 183 Å². The van der Waals surface area contributed by atoms with E-state index in [9.17, 15) is 4.79 Å². The molecule has 4 nitrogen and oxygen atoms in total. The first kappa shape index (κ1) is 20.7. The highest BCUT2D eigenvalue weighted by Crippen LogP contribution is 2.35. The topological polar surface area (TPSA) is 46.9 Å². The Hall–Kier alpha value is -2.53. The van der Waals surface area contributed by atoms with Gasteiger partial charge in [0.2, 0.25) is 5.91 Å². The molecule has 30 heavy (non-hydrogen) atoms. The Balaban J connectivity index is 1.42. The summed E-state index contributed by atoms with van der Waals surface area (Å²) in [6.07, 6.45) is 5.79. The fourth-order valence-corrected chi connectivity index (χ4v) is 5.18. The van der Waals surface area contributed by atoms with E-state index < -0.39 is 0 Å². The van der Waals surface area contributed by atoms with Crippen molar-refractivity contribution in [2.45, 2.75) is 57.1 Å². The van der Waals surface area contributed by atoms with Gasteiger partial charge in [0, 0.05) is 17.4 Å². The van der Waals surface area contributed by atoms with E-state index in [4.69, 9.17) is 4.98 Å². The van der Waals surface area contributed by atoms with Crippen molar-refractivity contribution in [2.24, 2.45) is 0 Å². The lowest BCUT2D eigenvalue weighted by molar-refractivity contribution is -0.113. The highest BCUT2D eigenvalue weighted by Gasteiger charge is 2.23. The fourth-order valence-electron chi connectivity index (χ4n) is 4.22. The van der Waals surface area contributed by atoms with Gasteiger partial charge in [0.25, 0.3) is 0 Å². The molecule has 1 aromatic heterocycles. The average molecular weight is 420 g/mol. The molecule has 2 aromatic carbocycles. The van der Waals surface area contributed by atoms with Crippen molar-refractivity contribution in [3.8, 4) is 0 Å². The molecule has 0 aliphatic heterocycles. The van der Waals surface area contributed by atoms with Gasteiger partial charge >= 0.3 is 0 Å². The van der Waals surface area contributed by atoms with Crippen LogP contribution in [0.5, 0.6) is 0 Å². The molecule has 3 aromatic rings. The van der Waals surface area contributed by atoms with E-state index in [1.165, 1.54) is 36.9 Å². The Kier molecular flexibility index (Phi) is 6.58. The molecule has 0 unspecified atom stereocenters. The number of nitrogens with one attached hydrogen (secondary N) is 1. The lowest BCUT2D eigenvalue weighted by Crippen LogP contribution is -2.16. The number of carbonyl (C=O) groups excluding carboxylic acids is 1. The minimum atomic E-state index is 0.0109. The van der Waals surface area contributed by atoms with Crippen LogP contribution in [0.15, 0.2) is 59.8 Å². The second-order valence-electron chi connectivity index (χ2n) is 8.03. The number of imidazole rings is 1. The van der Waals surface area contributed by atoms with Crippen molar-refractivity contribution in [3.63, 3.8) is 0 Å². The van der Waals surface area contributed by atoms with Gasteiger partial charge in [-0.1, -0.05) is 73.1 Å². The van der Waals surface area contributed by atoms with Crippen LogP contribution >= 0.6 is 11.8 Å². The van der Waals surface area contributed by atoms with Crippen molar-refractivity contribution in [1.82, 2.24) is 9.55 Å². The zero-order valence-corrected chi connectivity index (χ0v) is 18.5. The SMILES string of the molecule is Cc1nc(SCC(=O)Nc2ccccc2Cc2ccccc2)n(C2CCCC2)c1C. The summed E-state index contributed by atoms with van der Waals surface area (Å²) >= 11 is 1.55. The predicted octanol–water partition coefficient (Wildman–Crippen LogP) is 5.94. The zero-order valence-electron chi connectivity index (χ0n) is 17.7. The number of hydrogen-bond acceptors (Lipinski definition) is 3. The average Bonchev–Trinajstić information content (AvgIpc) is 3.37. The van der Waals surface area contributed by atoms with Crippen LogP contribution in [0.1, 0.15) is 54.2 Å². The molecule has 1 aliphatic rings. The van der Waals surface area contributed by atoms with Crippen molar-refractivity contribution >= 4 is 23.4 Å². The second kappa shape index (κ2) is 9.52. The molecular formula is C25H29N3OS. The van der Waals surface area contributed by atoms with Crippen LogP contribution < -0.4 is 5.32 Å². The summed E-state index contributed by atoms with van der Waals surface area (Å²) in [5.74, 6) is 0.374. The van der Waals surface area contributed by atoms with Gasteiger partial charge in [0.15, 0.2) is 5.16 Å². The molecule has 5 heteroatoms. The standard InChI is InChI=1S/C25H29N3OS/c1-18-19(2)28(22-13-7-8-14-22)25(26-18)30-17-24(29)27-23-15-9-6-12-21(23)16-20-10-4-3-5-11-20/h3-6,9-12,15,22H,7-8,13-14,16-17H2,1-2H3,(H,27,29). The van der Waals surface area contributed by atoms with Crippen LogP contribution in [0, 0.1) is 13.8 Å². The maximum Gasteiger partial charge on any atom is 0.234 e. The Bertz CT molecular complexity index is 1010. The van der Waals surface area contributed by atoms with Gasteiger partial charge in [-0.3, -0.25) is 4.79 Å². The van der Waals surface area contributed by atoms with Crippen molar-refractivity contribution in [3.05, 3.63) is 77.1 Å². The summed E-state index contributed by atoms with van der Waals surface area (Å²) in [4.78, 5) is 17.5. The van der Waals surface area contributed by atoms with Gasteiger partial charge < -0.3 is 9.88 Å². The van der Waals surface area contributed by atoms with Crippen LogP contribution in [0.2, 0.25) is 0 Å². The normalized spacial score (nSPS) is 14.2. The molecule has 1 N–H and O–H groups in total. The molecule has 1 saturated carbocycles. The predicted molar refractivity (Wildman–Crippen MR) is 124 cm³/mol. The summed E-state index contributed by atoms with van der Waals surface area (Å²) in [6, 6.07) is 18.9. The highest BCUT2D eigenvalue weighted by molar-refractivity contribution is 7.99. The Morgan fingerprint density at radius 1 is 1.07 bits per heavy atom. The summed E-state index contributed by atoms with van der Waals surface area (Å²) < 4.78 is 2.36. The number of nitrogens with zero attached hydrogens (tertiary/aromatic N) is 2. The first-order chi connectivity index (χ1) is 14.6. The summed E-state index contributed by atoms with van der Waals surface area (Å²) in [5.41, 5.74) is 5.55. The van der Waals surface area contributed by atoms with Gasteiger partial charge in [-0.15, -0.1) is 0 Å². The molecule has 0 bridgehead atoms. The molecule has 1 heterocycles. The number of anilines is 1. The van der Waals surface area contributed by atoms with Gasteiger partial charge in [0.05, 0.1) is 11.4 Å². The molecule has 156 valence electrons. The van der Waals surface area contributed by atoms with E-state index in [2.05, 4.69) is 41.9 Å². The number of thioether (sulfide) groups is 1. The molecule has 0 saturated heterocycles. The summed E-state index contributed by atoms with van der Waals surface area (Å²) in [5, 5.41) is 4.09. The first-order valence-electron chi connectivity index (χ1n) is 10.7. The number of aryl methyl sites for hydroxylation is 1. The van der Waals surface area contributed by atoms with Crippen molar-refractivity contribution in [1.29, 1.82) is 0 Å². The molecule has 0 atom stereocenters. The van der Waals surface area contributed by atoms with Crippen LogP contribution in [-0.4, -0.2) is 21.2 Å². The van der Waals surface area contributed by atoms with E-state index in [1.807, 2.05) is 36.4 Å². The largest absolute Gasteiger partial charge is 0.325 e. The number of carbonyl (C=O) groups is 1. The lowest BCUT2D eigenvalue weighted by Gasteiger charge is -2.17. The third kappa shape index (κ3) is 4.78. The van der Waals surface area contributed by atoms with Gasteiger partial charge in [0.1, 0.15) is 0 Å². The number of benzene rings is 2. The number of amides is 1. The molecule has 1 fully saturated rings. The minimum Gasteiger partial charge on any atom is -0.325 e. The van der Waals surface area contributed by atoms with Crippen LogP contribution in [-0.2, 0) is 11.2 Å². The number of rotatable bonds is 7. The Morgan fingerprint density at radius 3 is 2.53 bits per heavy atom. The molecule has 0 radical (unpaired) electrons. The second-order valence-corrected chi connectivity index (χ2v) is 8.97. The van der Waals surface area contributed by atoms with E-state index in [1.54, 1.807) is 11.8 Å². The molecular weight excluding hydrogens is 390 g/mol. The third-order valence-corrected chi connectivity index (χ3v) is 6.86. The third-order valence-electron chi connectivity index (χ3n) is 5.91. The smallest absolute Gasteiger partial charge is 0.234 e. The monoisotopic (exact) mass is 419 g/mol. The lowest BCUT2D eigenvalue weighted by atomic mass is 10.0. The number of aromatic nitrogens is 2. The molecule has 1 aliphatic carbocycles. The van der Waals surface area contributed by atoms with Crippen molar-refractivity contribution in [2.75, 3.05) is 11.1 Å². The van der Waals surface area contributed by atoms with E-state index in [-0.39, 0.29) is 5.91 Å².